The summed E-state index contributed by atoms with van der Waals surface area (Å²) in [5.41, 5.74) is 6.95. The van der Waals surface area contributed by atoms with Gasteiger partial charge < -0.3 is 15.9 Å². The molecule has 4 N–H and O–H groups in total. The summed E-state index contributed by atoms with van der Waals surface area (Å²) in [5.74, 6) is 0. The van der Waals surface area contributed by atoms with Crippen molar-refractivity contribution in [2.45, 2.75) is 19.1 Å². The number of aryl methyl sites for hydroxylation is 1. The maximum atomic E-state index is 10.8. The molecule has 0 radical (unpaired) electrons. The van der Waals surface area contributed by atoms with Crippen molar-refractivity contribution in [3.05, 3.63) is 34.9 Å². The fourth-order valence-electron chi connectivity index (χ4n) is 1.40. The molecule has 0 bridgehead atoms. The van der Waals surface area contributed by atoms with Crippen LogP contribution < -0.4 is 5.73 Å². The SMILES string of the molecule is Cc1ccc(C(O)C(O)CN)c(C=O)c1. The molecule has 4 nitrogen and oxygen atoms in total. The molecule has 0 saturated carbocycles. The third-order valence-electron chi connectivity index (χ3n) is 2.29. The number of hydrogen-bond acceptors (Lipinski definition) is 4. The van der Waals surface area contributed by atoms with E-state index < -0.39 is 12.2 Å². The smallest absolute Gasteiger partial charge is 0.150 e. The molecule has 1 rings (SSSR count). The van der Waals surface area contributed by atoms with Crippen LogP contribution in [0.5, 0.6) is 0 Å². The summed E-state index contributed by atoms with van der Waals surface area (Å²) < 4.78 is 0. The van der Waals surface area contributed by atoms with Gasteiger partial charge in [0, 0.05) is 12.1 Å². The number of aldehydes is 1. The minimum Gasteiger partial charge on any atom is -0.389 e. The van der Waals surface area contributed by atoms with Crippen molar-refractivity contribution < 1.29 is 15.0 Å². The van der Waals surface area contributed by atoms with E-state index in [0.717, 1.165) is 5.56 Å². The number of carbonyl (C=O) groups is 1. The van der Waals surface area contributed by atoms with Crippen LogP contribution in [-0.2, 0) is 0 Å². The van der Waals surface area contributed by atoms with Crippen LogP contribution in [0.4, 0.5) is 0 Å². The van der Waals surface area contributed by atoms with Gasteiger partial charge in [0.1, 0.15) is 12.4 Å². The maximum Gasteiger partial charge on any atom is 0.150 e. The van der Waals surface area contributed by atoms with E-state index in [-0.39, 0.29) is 6.54 Å². The van der Waals surface area contributed by atoms with Gasteiger partial charge in [-0.05, 0) is 18.6 Å². The lowest BCUT2D eigenvalue weighted by Gasteiger charge is -2.18. The van der Waals surface area contributed by atoms with Crippen LogP contribution in [0.25, 0.3) is 0 Å². The first-order chi connectivity index (χ1) is 7.10. The second-order valence-corrected chi connectivity index (χ2v) is 3.50. The molecule has 0 aromatic heterocycles. The highest BCUT2D eigenvalue weighted by Gasteiger charge is 2.19. The summed E-state index contributed by atoms with van der Waals surface area (Å²) in [4.78, 5) is 10.8. The van der Waals surface area contributed by atoms with Crippen LogP contribution in [-0.4, -0.2) is 29.1 Å². The number of rotatable bonds is 4. The number of aliphatic hydroxyl groups is 2. The van der Waals surface area contributed by atoms with E-state index >= 15 is 0 Å². The van der Waals surface area contributed by atoms with Crippen molar-refractivity contribution in [2.24, 2.45) is 5.73 Å². The van der Waals surface area contributed by atoms with Gasteiger partial charge >= 0.3 is 0 Å². The Hall–Kier alpha value is -1.23. The maximum absolute atomic E-state index is 10.8. The topological polar surface area (TPSA) is 83.6 Å². The van der Waals surface area contributed by atoms with Crippen molar-refractivity contribution in [2.75, 3.05) is 6.54 Å². The lowest BCUT2D eigenvalue weighted by molar-refractivity contribution is 0.0239. The van der Waals surface area contributed by atoms with E-state index in [0.29, 0.717) is 17.4 Å². The minimum atomic E-state index is -1.12. The van der Waals surface area contributed by atoms with Gasteiger partial charge in [-0.1, -0.05) is 17.7 Å². The second-order valence-electron chi connectivity index (χ2n) is 3.50. The fraction of sp³-hybridized carbons (Fsp3) is 0.364. The van der Waals surface area contributed by atoms with Crippen LogP contribution in [0.15, 0.2) is 18.2 Å². The Labute approximate surface area is 88.3 Å². The average molecular weight is 209 g/mol. The monoisotopic (exact) mass is 209 g/mol. The van der Waals surface area contributed by atoms with Crippen LogP contribution in [0.2, 0.25) is 0 Å². The highest BCUT2D eigenvalue weighted by atomic mass is 16.3. The van der Waals surface area contributed by atoms with Gasteiger partial charge in [0.05, 0.1) is 6.10 Å². The molecule has 2 atom stereocenters. The second kappa shape index (κ2) is 5.02. The quantitative estimate of drug-likeness (QED) is 0.617. The van der Waals surface area contributed by atoms with Crippen LogP contribution in [0.3, 0.4) is 0 Å². The Morgan fingerprint density at radius 1 is 1.47 bits per heavy atom. The Morgan fingerprint density at radius 3 is 2.67 bits per heavy atom. The molecule has 0 aliphatic carbocycles. The summed E-state index contributed by atoms with van der Waals surface area (Å²) in [6.45, 7) is 1.80. The van der Waals surface area contributed by atoms with E-state index in [1.54, 1.807) is 18.2 Å². The van der Waals surface area contributed by atoms with Gasteiger partial charge in [0.25, 0.3) is 0 Å². The van der Waals surface area contributed by atoms with Crippen LogP contribution >= 0.6 is 0 Å². The fourth-order valence-corrected chi connectivity index (χ4v) is 1.40. The lowest BCUT2D eigenvalue weighted by Crippen LogP contribution is -2.27. The first kappa shape index (κ1) is 11.8. The van der Waals surface area contributed by atoms with E-state index in [9.17, 15) is 15.0 Å². The van der Waals surface area contributed by atoms with Crippen LogP contribution in [0, 0.1) is 6.92 Å². The summed E-state index contributed by atoms with van der Waals surface area (Å²) in [5, 5.41) is 19.1. The first-order valence-electron chi connectivity index (χ1n) is 4.72. The Morgan fingerprint density at radius 2 is 2.13 bits per heavy atom. The zero-order chi connectivity index (χ0) is 11.4. The Bertz CT molecular complexity index is 352. The molecular formula is C11H15NO3. The minimum absolute atomic E-state index is 0.0483. The number of hydrogen-bond donors (Lipinski definition) is 3. The van der Waals surface area contributed by atoms with Crippen molar-refractivity contribution in [3.8, 4) is 0 Å². The molecule has 4 heteroatoms. The summed E-state index contributed by atoms with van der Waals surface area (Å²) in [7, 11) is 0. The Balaban J connectivity index is 3.07. The van der Waals surface area contributed by atoms with Gasteiger partial charge in [0.2, 0.25) is 0 Å². The van der Waals surface area contributed by atoms with Gasteiger partial charge in [-0.15, -0.1) is 0 Å². The van der Waals surface area contributed by atoms with Crippen molar-refractivity contribution >= 4 is 6.29 Å². The molecule has 2 unspecified atom stereocenters. The largest absolute Gasteiger partial charge is 0.389 e. The summed E-state index contributed by atoms with van der Waals surface area (Å²) in [6.07, 6.45) is -1.50. The van der Waals surface area contributed by atoms with E-state index in [1.165, 1.54) is 0 Å². The Kier molecular flexibility index (Phi) is 3.96. The molecule has 0 heterocycles. The molecule has 0 spiro atoms. The number of carbonyl (C=O) groups excluding carboxylic acids is 1. The molecule has 0 aliphatic rings. The van der Waals surface area contributed by atoms with Gasteiger partial charge in [-0.2, -0.15) is 0 Å². The van der Waals surface area contributed by atoms with E-state index in [1.807, 2.05) is 6.92 Å². The normalized spacial score (nSPS) is 14.7. The molecule has 15 heavy (non-hydrogen) atoms. The molecule has 1 aromatic carbocycles. The summed E-state index contributed by atoms with van der Waals surface area (Å²) >= 11 is 0. The zero-order valence-electron chi connectivity index (χ0n) is 8.55. The highest BCUT2D eigenvalue weighted by molar-refractivity contribution is 5.77. The number of benzene rings is 1. The number of aliphatic hydroxyl groups excluding tert-OH is 2. The molecular weight excluding hydrogens is 194 g/mol. The molecule has 0 fully saturated rings. The molecule has 0 aliphatic heterocycles. The average Bonchev–Trinajstić information content (AvgIpc) is 2.26. The van der Waals surface area contributed by atoms with Crippen LogP contribution in [0.1, 0.15) is 27.6 Å². The van der Waals surface area contributed by atoms with Gasteiger partial charge in [-0.25, -0.2) is 0 Å². The van der Waals surface area contributed by atoms with Crippen molar-refractivity contribution in [3.63, 3.8) is 0 Å². The van der Waals surface area contributed by atoms with Crippen molar-refractivity contribution in [1.29, 1.82) is 0 Å². The van der Waals surface area contributed by atoms with E-state index in [4.69, 9.17) is 5.73 Å². The number of nitrogens with two attached hydrogens (primary N) is 1. The molecule has 0 amide bonds. The first-order valence-corrected chi connectivity index (χ1v) is 4.72. The third-order valence-corrected chi connectivity index (χ3v) is 2.29. The van der Waals surface area contributed by atoms with Gasteiger partial charge in [-0.3, -0.25) is 4.79 Å². The zero-order valence-corrected chi connectivity index (χ0v) is 8.55. The predicted octanol–water partition coefficient (Wildman–Crippen LogP) is 0.161. The van der Waals surface area contributed by atoms with Gasteiger partial charge in [0.15, 0.2) is 0 Å². The molecule has 82 valence electrons. The lowest BCUT2D eigenvalue weighted by atomic mass is 9.97. The standard InChI is InChI=1S/C11H15NO3/c1-7-2-3-9(8(4-7)6-13)11(15)10(14)5-12/h2-4,6,10-11,14-15H,5,12H2,1H3. The molecule has 1 aromatic rings. The highest BCUT2D eigenvalue weighted by Crippen LogP contribution is 2.20. The summed E-state index contributed by atoms with van der Waals surface area (Å²) in [6, 6.07) is 5.06. The van der Waals surface area contributed by atoms with E-state index in [2.05, 4.69) is 0 Å². The van der Waals surface area contributed by atoms with Crippen molar-refractivity contribution in [1.82, 2.24) is 0 Å². The molecule has 0 saturated heterocycles. The third kappa shape index (κ3) is 2.62. The predicted molar refractivity (Wildman–Crippen MR) is 56.6 cm³/mol.